The molecule has 0 spiro atoms. The van der Waals surface area contributed by atoms with Gasteiger partial charge in [0.1, 0.15) is 0 Å². The van der Waals surface area contributed by atoms with Gasteiger partial charge in [0.15, 0.2) is 0 Å². The molecule has 0 radical (unpaired) electrons. The SMILES string of the molecule is CCCCCCCCCCCCNCCOCCC(=O)[O-].[Na+]. The Bertz CT molecular complexity index is 228. The Morgan fingerprint density at radius 3 is 1.95 bits per heavy atom. The van der Waals surface area contributed by atoms with Crippen molar-refractivity contribution in [1.29, 1.82) is 0 Å². The summed E-state index contributed by atoms with van der Waals surface area (Å²) in [5.41, 5.74) is 0. The summed E-state index contributed by atoms with van der Waals surface area (Å²) in [5, 5.41) is 13.5. The summed E-state index contributed by atoms with van der Waals surface area (Å²) in [7, 11) is 0. The monoisotopic (exact) mass is 323 g/mol. The molecule has 1 N–H and O–H groups in total. The Morgan fingerprint density at radius 1 is 0.864 bits per heavy atom. The number of rotatable bonds is 17. The molecule has 126 valence electrons. The Hall–Kier alpha value is 0.390. The molecule has 0 atom stereocenters. The fourth-order valence-electron chi connectivity index (χ4n) is 2.26. The Labute approximate surface area is 159 Å². The third kappa shape index (κ3) is 22.7. The van der Waals surface area contributed by atoms with E-state index in [0.29, 0.717) is 6.61 Å². The predicted octanol–water partition coefficient (Wildman–Crippen LogP) is -0.342. The standard InChI is InChI=1S/C17H35NO3.Na/c1-2-3-4-5-6-7-8-9-10-11-13-18-14-16-21-15-12-17(19)20;/h18H,2-16H2,1H3,(H,19,20);/q;+1/p-1. The number of ether oxygens (including phenoxy) is 1. The van der Waals surface area contributed by atoms with Crippen LogP contribution in [0.3, 0.4) is 0 Å². The second-order valence-corrected chi connectivity index (χ2v) is 5.67. The number of nitrogens with one attached hydrogen (secondary N) is 1. The summed E-state index contributed by atoms with van der Waals surface area (Å²) >= 11 is 0. The van der Waals surface area contributed by atoms with Crippen molar-refractivity contribution in [1.82, 2.24) is 5.32 Å². The Morgan fingerprint density at radius 2 is 1.41 bits per heavy atom. The van der Waals surface area contributed by atoms with E-state index < -0.39 is 5.97 Å². The van der Waals surface area contributed by atoms with Gasteiger partial charge in [-0.1, -0.05) is 64.7 Å². The van der Waals surface area contributed by atoms with Crippen molar-refractivity contribution in [2.75, 3.05) is 26.3 Å². The van der Waals surface area contributed by atoms with Crippen LogP contribution in [0.5, 0.6) is 0 Å². The van der Waals surface area contributed by atoms with Crippen LogP contribution in [0.15, 0.2) is 0 Å². The van der Waals surface area contributed by atoms with E-state index in [0.717, 1.165) is 13.1 Å². The minimum atomic E-state index is -1.05. The van der Waals surface area contributed by atoms with Crippen molar-refractivity contribution in [2.24, 2.45) is 0 Å². The molecule has 0 amide bonds. The maximum atomic E-state index is 10.1. The second kappa shape index (κ2) is 21.4. The largest absolute Gasteiger partial charge is 1.00 e. The van der Waals surface area contributed by atoms with Gasteiger partial charge in [0.25, 0.3) is 0 Å². The number of carbonyl (C=O) groups excluding carboxylic acids is 1. The molecule has 0 aromatic carbocycles. The van der Waals surface area contributed by atoms with E-state index >= 15 is 0 Å². The molecule has 0 unspecified atom stereocenters. The first-order valence-electron chi connectivity index (χ1n) is 8.75. The second-order valence-electron chi connectivity index (χ2n) is 5.67. The molecule has 0 rings (SSSR count). The maximum Gasteiger partial charge on any atom is 1.00 e. The zero-order chi connectivity index (χ0) is 15.6. The fourth-order valence-corrected chi connectivity index (χ4v) is 2.26. The summed E-state index contributed by atoms with van der Waals surface area (Å²) in [5.74, 6) is -1.05. The first-order valence-corrected chi connectivity index (χ1v) is 8.75. The van der Waals surface area contributed by atoms with Crippen LogP contribution in [0.2, 0.25) is 0 Å². The summed E-state index contributed by atoms with van der Waals surface area (Å²) in [4.78, 5) is 10.1. The van der Waals surface area contributed by atoms with Gasteiger partial charge in [-0.3, -0.25) is 0 Å². The number of aliphatic carboxylic acids is 1. The van der Waals surface area contributed by atoms with Crippen LogP contribution in [-0.2, 0) is 9.53 Å². The van der Waals surface area contributed by atoms with Crippen molar-refractivity contribution in [3.63, 3.8) is 0 Å². The van der Waals surface area contributed by atoms with Crippen LogP contribution < -0.4 is 40.0 Å². The van der Waals surface area contributed by atoms with Gasteiger partial charge in [-0.25, -0.2) is 0 Å². The van der Waals surface area contributed by atoms with Gasteiger partial charge in [0, 0.05) is 18.9 Å². The fraction of sp³-hybridized carbons (Fsp3) is 0.941. The maximum absolute atomic E-state index is 10.1. The molecule has 0 aliphatic carbocycles. The van der Waals surface area contributed by atoms with Crippen LogP contribution >= 0.6 is 0 Å². The zero-order valence-corrected chi connectivity index (χ0v) is 16.8. The third-order valence-electron chi connectivity index (χ3n) is 3.58. The molecule has 0 fully saturated rings. The van der Waals surface area contributed by atoms with Gasteiger partial charge in [-0.05, 0) is 13.0 Å². The summed E-state index contributed by atoms with van der Waals surface area (Å²) in [6.07, 6.45) is 13.6. The molecule has 0 aromatic rings. The van der Waals surface area contributed by atoms with Gasteiger partial charge in [-0.15, -0.1) is 0 Å². The normalized spacial score (nSPS) is 10.4. The molecule has 4 nitrogen and oxygen atoms in total. The zero-order valence-electron chi connectivity index (χ0n) is 14.8. The first kappa shape index (κ1) is 24.6. The van der Waals surface area contributed by atoms with E-state index in [-0.39, 0.29) is 42.6 Å². The molecule has 0 aliphatic rings. The van der Waals surface area contributed by atoms with Crippen LogP contribution in [-0.4, -0.2) is 32.3 Å². The van der Waals surface area contributed by atoms with E-state index in [1.165, 1.54) is 64.2 Å². The molecule has 0 saturated carbocycles. The number of carbonyl (C=O) groups is 1. The number of hydrogen-bond acceptors (Lipinski definition) is 4. The average Bonchev–Trinajstić information content (AvgIpc) is 2.46. The summed E-state index contributed by atoms with van der Waals surface area (Å²) in [6.45, 7) is 4.91. The van der Waals surface area contributed by atoms with E-state index in [2.05, 4.69) is 12.2 Å². The number of carboxylic acid groups (broad SMARTS) is 1. The van der Waals surface area contributed by atoms with E-state index in [4.69, 9.17) is 4.74 Å². The van der Waals surface area contributed by atoms with E-state index in [1.54, 1.807) is 0 Å². The van der Waals surface area contributed by atoms with Gasteiger partial charge in [-0.2, -0.15) is 0 Å². The molecule has 0 bridgehead atoms. The smallest absolute Gasteiger partial charge is 0.550 e. The summed E-state index contributed by atoms with van der Waals surface area (Å²) < 4.78 is 5.16. The number of carboxylic acids is 1. The van der Waals surface area contributed by atoms with Crippen LogP contribution in [0.4, 0.5) is 0 Å². The van der Waals surface area contributed by atoms with Crippen molar-refractivity contribution >= 4 is 5.97 Å². The number of hydrogen-bond donors (Lipinski definition) is 1. The number of unbranched alkanes of at least 4 members (excludes halogenated alkanes) is 9. The molecule has 0 saturated heterocycles. The van der Waals surface area contributed by atoms with Gasteiger partial charge < -0.3 is 20.0 Å². The third-order valence-corrected chi connectivity index (χ3v) is 3.58. The minimum absolute atomic E-state index is 0. The molecule has 5 heteroatoms. The molecular formula is C17H34NNaO3. The van der Waals surface area contributed by atoms with Gasteiger partial charge >= 0.3 is 29.6 Å². The average molecular weight is 323 g/mol. The van der Waals surface area contributed by atoms with E-state index in [1.807, 2.05) is 0 Å². The van der Waals surface area contributed by atoms with Crippen LogP contribution in [0.25, 0.3) is 0 Å². The van der Waals surface area contributed by atoms with Gasteiger partial charge in [0.05, 0.1) is 13.2 Å². The predicted molar refractivity (Wildman–Crippen MR) is 85.2 cm³/mol. The topological polar surface area (TPSA) is 61.4 Å². The van der Waals surface area contributed by atoms with Gasteiger partial charge in [0.2, 0.25) is 0 Å². The van der Waals surface area contributed by atoms with Crippen molar-refractivity contribution < 1.29 is 44.2 Å². The van der Waals surface area contributed by atoms with Crippen molar-refractivity contribution in [3.05, 3.63) is 0 Å². The van der Waals surface area contributed by atoms with Crippen LogP contribution in [0, 0.1) is 0 Å². The molecule has 0 aromatic heterocycles. The minimum Gasteiger partial charge on any atom is -0.550 e. The van der Waals surface area contributed by atoms with E-state index in [9.17, 15) is 9.90 Å². The summed E-state index contributed by atoms with van der Waals surface area (Å²) in [6, 6.07) is 0. The Kier molecular flexibility index (Phi) is 24.0. The van der Waals surface area contributed by atoms with Crippen molar-refractivity contribution in [2.45, 2.75) is 77.6 Å². The molecular weight excluding hydrogens is 289 g/mol. The van der Waals surface area contributed by atoms with Crippen LogP contribution in [0.1, 0.15) is 77.6 Å². The molecule has 0 aliphatic heterocycles. The molecule has 22 heavy (non-hydrogen) atoms. The molecule has 0 heterocycles. The Balaban J connectivity index is 0. The van der Waals surface area contributed by atoms with Crippen molar-refractivity contribution in [3.8, 4) is 0 Å². The first-order chi connectivity index (χ1) is 10.3. The quantitative estimate of drug-likeness (QED) is 0.294.